The predicted octanol–water partition coefficient (Wildman–Crippen LogP) is 3.28. The van der Waals surface area contributed by atoms with E-state index >= 15 is 0 Å². The summed E-state index contributed by atoms with van der Waals surface area (Å²) in [6, 6.07) is 1.80. The first-order valence-corrected chi connectivity index (χ1v) is 7.62. The largest absolute Gasteiger partial charge is 0.467 e. The average Bonchev–Trinajstić information content (AvgIpc) is 2.69. The molecule has 1 aromatic heterocycles. The van der Waals surface area contributed by atoms with Crippen LogP contribution in [0.25, 0.3) is 0 Å². The fraction of sp³-hybridized carbons (Fsp3) is 0.538. The number of nitrogens with one attached hydrogen (secondary N) is 1. The number of hydrogen-bond acceptors (Lipinski definition) is 4. The SMILES string of the molecule is CCCC(C)(NC(=O)c1cc(C)c(Br)s1)C(=O)OC. The lowest BCUT2D eigenvalue weighted by molar-refractivity contribution is -0.147. The Bertz CT molecular complexity index is 467. The van der Waals surface area contributed by atoms with Gasteiger partial charge in [-0.05, 0) is 47.8 Å². The summed E-state index contributed by atoms with van der Waals surface area (Å²) in [5, 5.41) is 2.78. The fourth-order valence-electron chi connectivity index (χ4n) is 1.82. The average molecular weight is 348 g/mol. The summed E-state index contributed by atoms with van der Waals surface area (Å²) in [7, 11) is 1.33. The van der Waals surface area contributed by atoms with E-state index in [4.69, 9.17) is 4.74 Å². The molecule has 1 rings (SSSR count). The Hall–Kier alpha value is -0.880. The van der Waals surface area contributed by atoms with Gasteiger partial charge >= 0.3 is 5.97 Å². The van der Waals surface area contributed by atoms with Gasteiger partial charge in [0.2, 0.25) is 0 Å². The predicted molar refractivity (Wildman–Crippen MR) is 79.6 cm³/mol. The molecule has 4 nitrogen and oxygen atoms in total. The minimum Gasteiger partial charge on any atom is -0.467 e. The van der Waals surface area contributed by atoms with Crippen LogP contribution in [0.1, 0.15) is 41.9 Å². The molecule has 0 spiro atoms. The van der Waals surface area contributed by atoms with Crippen molar-refractivity contribution in [2.24, 2.45) is 0 Å². The summed E-state index contributed by atoms with van der Waals surface area (Å²) >= 11 is 4.74. The summed E-state index contributed by atoms with van der Waals surface area (Å²) < 4.78 is 5.70. The number of ether oxygens (including phenoxy) is 1. The molecule has 106 valence electrons. The smallest absolute Gasteiger partial charge is 0.331 e. The van der Waals surface area contributed by atoms with Crippen LogP contribution in [0.4, 0.5) is 0 Å². The number of hydrogen-bond donors (Lipinski definition) is 1. The maximum absolute atomic E-state index is 12.2. The van der Waals surface area contributed by atoms with Crippen molar-refractivity contribution in [3.05, 3.63) is 20.3 Å². The second kappa shape index (κ2) is 6.52. The Kier molecular flexibility index (Phi) is 5.55. The number of rotatable bonds is 5. The molecule has 0 fully saturated rings. The van der Waals surface area contributed by atoms with E-state index in [9.17, 15) is 9.59 Å². The van der Waals surface area contributed by atoms with Crippen molar-refractivity contribution in [1.29, 1.82) is 0 Å². The Morgan fingerprint density at radius 3 is 2.58 bits per heavy atom. The van der Waals surface area contributed by atoms with E-state index in [1.807, 2.05) is 13.8 Å². The highest BCUT2D eigenvalue weighted by Crippen LogP contribution is 2.28. The van der Waals surface area contributed by atoms with Gasteiger partial charge in [-0.2, -0.15) is 0 Å². The van der Waals surface area contributed by atoms with E-state index in [1.165, 1.54) is 18.4 Å². The van der Waals surface area contributed by atoms with Gasteiger partial charge in [0.1, 0.15) is 5.54 Å². The molecular formula is C13H18BrNO3S. The van der Waals surface area contributed by atoms with Gasteiger partial charge in [-0.15, -0.1) is 11.3 Å². The third-order valence-electron chi connectivity index (χ3n) is 2.86. The molecule has 1 amide bonds. The first-order valence-electron chi connectivity index (χ1n) is 6.01. The Balaban J connectivity index is 2.90. The van der Waals surface area contributed by atoms with Crippen LogP contribution in [-0.4, -0.2) is 24.5 Å². The normalized spacial score (nSPS) is 13.7. The molecule has 1 N–H and O–H groups in total. The zero-order valence-electron chi connectivity index (χ0n) is 11.5. The molecule has 19 heavy (non-hydrogen) atoms. The van der Waals surface area contributed by atoms with E-state index in [0.717, 1.165) is 15.8 Å². The van der Waals surface area contributed by atoms with Crippen LogP contribution < -0.4 is 5.32 Å². The number of carbonyl (C=O) groups is 2. The van der Waals surface area contributed by atoms with E-state index < -0.39 is 11.5 Å². The number of thiophene rings is 1. The third-order valence-corrected chi connectivity index (χ3v) is 4.99. The lowest BCUT2D eigenvalue weighted by Gasteiger charge is -2.27. The first-order chi connectivity index (χ1) is 8.84. The number of aryl methyl sites for hydroxylation is 1. The highest BCUT2D eigenvalue weighted by Gasteiger charge is 2.35. The summed E-state index contributed by atoms with van der Waals surface area (Å²) in [5.74, 6) is -0.671. The molecule has 0 aliphatic carbocycles. The van der Waals surface area contributed by atoms with Gasteiger partial charge < -0.3 is 10.1 Å². The van der Waals surface area contributed by atoms with Gasteiger partial charge in [-0.1, -0.05) is 13.3 Å². The Labute approximate surface area is 125 Å². The van der Waals surface area contributed by atoms with Crippen LogP contribution in [0.5, 0.6) is 0 Å². The van der Waals surface area contributed by atoms with E-state index in [-0.39, 0.29) is 5.91 Å². The zero-order valence-corrected chi connectivity index (χ0v) is 13.9. The lowest BCUT2D eigenvalue weighted by Crippen LogP contribution is -2.52. The van der Waals surface area contributed by atoms with Crippen molar-refractivity contribution in [2.45, 2.75) is 39.2 Å². The van der Waals surface area contributed by atoms with Crippen molar-refractivity contribution in [3.63, 3.8) is 0 Å². The second-order valence-electron chi connectivity index (χ2n) is 4.60. The molecule has 1 unspecified atom stereocenters. The molecule has 0 aromatic carbocycles. The molecule has 0 saturated heterocycles. The molecular weight excluding hydrogens is 330 g/mol. The maximum Gasteiger partial charge on any atom is 0.331 e. The van der Waals surface area contributed by atoms with Gasteiger partial charge in [0.05, 0.1) is 15.8 Å². The minimum atomic E-state index is -0.981. The van der Waals surface area contributed by atoms with Crippen molar-refractivity contribution in [1.82, 2.24) is 5.32 Å². The molecule has 6 heteroatoms. The summed E-state index contributed by atoms with van der Waals surface area (Å²) in [6.07, 6.45) is 1.32. The first kappa shape index (κ1) is 16.2. The van der Waals surface area contributed by atoms with E-state index in [2.05, 4.69) is 21.2 Å². The topological polar surface area (TPSA) is 55.4 Å². The van der Waals surface area contributed by atoms with Crippen LogP contribution in [0.2, 0.25) is 0 Å². The summed E-state index contributed by atoms with van der Waals surface area (Å²) in [5.41, 5.74) is 0.0238. The van der Waals surface area contributed by atoms with Gasteiger partial charge in [-0.3, -0.25) is 4.79 Å². The van der Waals surface area contributed by atoms with Crippen LogP contribution in [0.3, 0.4) is 0 Å². The van der Waals surface area contributed by atoms with Crippen molar-refractivity contribution >= 4 is 39.1 Å². The summed E-state index contributed by atoms with van der Waals surface area (Å²) in [4.78, 5) is 24.6. The quantitative estimate of drug-likeness (QED) is 0.831. The molecule has 0 radical (unpaired) electrons. The molecule has 0 aliphatic rings. The highest BCUT2D eigenvalue weighted by molar-refractivity contribution is 9.11. The molecule has 1 atom stereocenters. The van der Waals surface area contributed by atoms with Crippen LogP contribution in [0.15, 0.2) is 9.85 Å². The van der Waals surface area contributed by atoms with Crippen LogP contribution in [-0.2, 0) is 9.53 Å². The standard InChI is InChI=1S/C13H18BrNO3S/c1-5-6-13(3,12(17)18-4)15-11(16)9-7-8(2)10(14)19-9/h7H,5-6H2,1-4H3,(H,15,16). The fourth-order valence-corrected chi connectivity index (χ4v) is 3.25. The van der Waals surface area contributed by atoms with E-state index in [1.54, 1.807) is 13.0 Å². The van der Waals surface area contributed by atoms with Gasteiger partial charge in [0.15, 0.2) is 0 Å². The van der Waals surface area contributed by atoms with Crippen LogP contribution >= 0.6 is 27.3 Å². The summed E-state index contributed by atoms with van der Waals surface area (Å²) in [6.45, 7) is 5.57. The lowest BCUT2D eigenvalue weighted by atomic mass is 9.96. The van der Waals surface area contributed by atoms with E-state index in [0.29, 0.717) is 11.3 Å². The van der Waals surface area contributed by atoms with Crippen molar-refractivity contribution in [3.8, 4) is 0 Å². The highest BCUT2D eigenvalue weighted by atomic mass is 79.9. The number of esters is 1. The number of methoxy groups -OCH3 is 1. The third kappa shape index (κ3) is 3.79. The maximum atomic E-state index is 12.2. The minimum absolute atomic E-state index is 0.250. The van der Waals surface area contributed by atoms with Gasteiger partial charge in [-0.25, -0.2) is 4.79 Å². The number of amides is 1. The zero-order chi connectivity index (χ0) is 14.6. The van der Waals surface area contributed by atoms with Crippen LogP contribution in [0, 0.1) is 6.92 Å². The van der Waals surface area contributed by atoms with Crippen molar-refractivity contribution < 1.29 is 14.3 Å². The van der Waals surface area contributed by atoms with Gasteiger partial charge in [0, 0.05) is 0 Å². The molecule has 1 heterocycles. The number of carbonyl (C=O) groups excluding carboxylic acids is 2. The molecule has 1 aromatic rings. The molecule has 0 saturated carbocycles. The number of halogens is 1. The van der Waals surface area contributed by atoms with Crippen molar-refractivity contribution in [2.75, 3.05) is 7.11 Å². The second-order valence-corrected chi connectivity index (χ2v) is 6.97. The Morgan fingerprint density at radius 1 is 1.53 bits per heavy atom. The van der Waals surface area contributed by atoms with Gasteiger partial charge in [0.25, 0.3) is 5.91 Å². The molecule has 0 bridgehead atoms. The monoisotopic (exact) mass is 347 g/mol. The molecule has 0 aliphatic heterocycles. The Morgan fingerprint density at radius 2 is 2.16 bits per heavy atom.